The van der Waals surface area contributed by atoms with E-state index in [1.54, 1.807) is 0 Å². The van der Waals surface area contributed by atoms with Crippen molar-refractivity contribution in [1.29, 1.82) is 0 Å². The van der Waals surface area contributed by atoms with Crippen LogP contribution in [-0.4, -0.2) is 22.6 Å². The van der Waals surface area contributed by atoms with E-state index in [-0.39, 0.29) is 0 Å². The maximum Gasteiger partial charge on any atom is 0.270 e. The zero-order valence-electron chi connectivity index (χ0n) is 10.1. The molecule has 1 aliphatic rings. The lowest BCUT2D eigenvalue weighted by molar-refractivity contribution is 0.181. The molecule has 1 aromatic heterocycles. The lowest BCUT2D eigenvalue weighted by Gasteiger charge is -2.26. The Morgan fingerprint density at radius 3 is 2.78 bits per heavy atom. The first-order valence-electron chi connectivity index (χ1n) is 6.25. The van der Waals surface area contributed by atoms with Gasteiger partial charge in [-0.1, -0.05) is 18.0 Å². The van der Waals surface area contributed by atoms with Gasteiger partial charge < -0.3 is 4.42 Å². The molecule has 96 valence electrons. The summed E-state index contributed by atoms with van der Waals surface area (Å²) in [6.45, 7) is 3.07. The van der Waals surface area contributed by atoms with Gasteiger partial charge in [-0.2, -0.15) is 0 Å². The molecule has 0 bridgehead atoms. The second kappa shape index (κ2) is 5.03. The van der Waals surface area contributed by atoms with E-state index in [1.165, 1.54) is 19.3 Å². The lowest BCUT2D eigenvalue weighted by atomic mass is 10.1. The predicted molar refractivity (Wildman–Crippen MR) is 75.5 cm³/mol. The Labute approximate surface area is 116 Å². The van der Waals surface area contributed by atoms with E-state index in [4.69, 9.17) is 28.2 Å². The fraction of sp³-hybridized carbons (Fsp3) is 0.462. The molecule has 2 aromatic rings. The number of likely N-dealkylation sites (tertiary alicyclic amines) is 1. The van der Waals surface area contributed by atoms with Gasteiger partial charge in [-0.25, -0.2) is 0 Å². The minimum Gasteiger partial charge on any atom is -0.429 e. The van der Waals surface area contributed by atoms with Crippen molar-refractivity contribution in [3.63, 3.8) is 0 Å². The van der Waals surface area contributed by atoms with Gasteiger partial charge in [0.2, 0.25) is 0 Å². The highest BCUT2D eigenvalue weighted by atomic mass is 35.5. The fourth-order valence-electron chi connectivity index (χ4n) is 2.47. The Bertz CT molecular complexity index is 613. The van der Waals surface area contributed by atoms with Crippen molar-refractivity contribution >= 4 is 34.9 Å². The summed E-state index contributed by atoms with van der Waals surface area (Å²) in [5, 5.41) is 0.714. The Morgan fingerprint density at radius 2 is 2.00 bits per heavy atom. The van der Waals surface area contributed by atoms with Crippen molar-refractivity contribution < 1.29 is 4.42 Å². The van der Waals surface area contributed by atoms with E-state index < -0.39 is 0 Å². The fourth-order valence-corrected chi connectivity index (χ4v) is 2.88. The van der Waals surface area contributed by atoms with Crippen molar-refractivity contribution in [2.24, 2.45) is 0 Å². The van der Waals surface area contributed by atoms with Crippen LogP contribution in [0.15, 0.2) is 22.6 Å². The maximum atomic E-state index is 6.04. The zero-order chi connectivity index (χ0) is 12.5. The van der Waals surface area contributed by atoms with E-state index in [0.29, 0.717) is 9.86 Å². The first kappa shape index (κ1) is 12.2. The van der Waals surface area contributed by atoms with E-state index in [0.717, 1.165) is 30.9 Å². The summed E-state index contributed by atoms with van der Waals surface area (Å²) in [4.78, 5) is 2.94. The number of aromatic nitrogens is 1. The van der Waals surface area contributed by atoms with E-state index in [2.05, 4.69) is 4.90 Å². The summed E-state index contributed by atoms with van der Waals surface area (Å²) in [5.41, 5.74) is 1.79. The van der Waals surface area contributed by atoms with Crippen molar-refractivity contribution in [3.8, 4) is 0 Å². The molecule has 0 amide bonds. The van der Waals surface area contributed by atoms with Gasteiger partial charge in [-0.3, -0.25) is 9.47 Å². The molecule has 0 saturated carbocycles. The van der Waals surface area contributed by atoms with Gasteiger partial charge in [0.25, 0.3) is 4.84 Å². The van der Waals surface area contributed by atoms with Gasteiger partial charge in [0.05, 0.1) is 12.2 Å². The van der Waals surface area contributed by atoms with Crippen molar-refractivity contribution in [1.82, 2.24) is 9.47 Å². The third kappa shape index (κ3) is 2.32. The standard InChI is InChI=1S/C13H15ClN2OS/c14-10-4-5-12-11(8-10)16(13(18)17-12)9-15-6-2-1-3-7-15/h4-5,8H,1-3,6-7,9H2. The normalized spacial score (nSPS) is 17.4. The monoisotopic (exact) mass is 282 g/mol. The summed E-state index contributed by atoms with van der Waals surface area (Å²) < 4.78 is 7.62. The lowest BCUT2D eigenvalue weighted by Crippen LogP contribution is -2.31. The highest BCUT2D eigenvalue weighted by molar-refractivity contribution is 7.71. The van der Waals surface area contributed by atoms with Crippen LogP contribution in [0.3, 0.4) is 0 Å². The molecule has 2 heterocycles. The van der Waals surface area contributed by atoms with Gasteiger partial charge >= 0.3 is 0 Å². The molecule has 3 nitrogen and oxygen atoms in total. The molecule has 0 atom stereocenters. The van der Waals surface area contributed by atoms with Crippen LogP contribution in [0.5, 0.6) is 0 Å². The first-order chi connectivity index (χ1) is 8.74. The average Bonchev–Trinajstić information content (AvgIpc) is 2.67. The minimum atomic E-state index is 0.526. The van der Waals surface area contributed by atoms with Crippen LogP contribution in [0.2, 0.25) is 5.02 Å². The van der Waals surface area contributed by atoms with Crippen molar-refractivity contribution in [2.75, 3.05) is 13.1 Å². The molecule has 3 rings (SSSR count). The third-order valence-electron chi connectivity index (χ3n) is 3.42. The maximum absolute atomic E-state index is 6.04. The van der Waals surface area contributed by atoms with Crippen LogP contribution in [0, 0.1) is 4.84 Å². The van der Waals surface area contributed by atoms with Gasteiger partial charge in [0, 0.05) is 5.02 Å². The van der Waals surface area contributed by atoms with Crippen LogP contribution in [-0.2, 0) is 6.67 Å². The van der Waals surface area contributed by atoms with Crippen molar-refractivity contribution in [3.05, 3.63) is 28.1 Å². The summed E-state index contributed by atoms with van der Waals surface area (Å²) in [5.74, 6) is 0. The van der Waals surface area contributed by atoms with Gasteiger partial charge in [0.15, 0.2) is 5.58 Å². The number of hydrogen-bond donors (Lipinski definition) is 0. The summed E-state index contributed by atoms with van der Waals surface area (Å²) in [7, 11) is 0. The molecule has 0 unspecified atom stereocenters. The van der Waals surface area contributed by atoms with Gasteiger partial charge in [-0.05, 0) is 56.3 Å². The molecule has 0 radical (unpaired) electrons. The SMILES string of the molecule is S=c1oc2ccc(Cl)cc2n1CN1CCCCC1. The molecule has 0 aliphatic carbocycles. The van der Waals surface area contributed by atoms with Crippen LogP contribution in [0.1, 0.15) is 19.3 Å². The Balaban J connectivity index is 1.97. The number of piperidine rings is 1. The van der Waals surface area contributed by atoms with E-state index in [9.17, 15) is 0 Å². The quantitative estimate of drug-likeness (QED) is 0.775. The second-order valence-corrected chi connectivity index (χ2v) is 5.51. The number of hydrogen-bond acceptors (Lipinski definition) is 3. The molecule has 1 aromatic carbocycles. The number of fused-ring (bicyclic) bond motifs is 1. The molecule has 18 heavy (non-hydrogen) atoms. The van der Waals surface area contributed by atoms with Crippen LogP contribution in [0.4, 0.5) is 0 Å². The Kier molecular flexibility index (Phi) is 3.41. The average molecular weight is 283 g/mol. The van der Waals surface area contributed by atoms with Crippen LogP contribution >= 0.6 is 23.8 Å². The molecule has 5 heteroatoms. The summed E-state index contributed by atoms with van der Waals surface area (Å²) in [6, 6.07) is 5.62. The smallest absolute Gasteiger partial charge is 0.270 e. The zero-order valence-corrected chi connectivity index (χ0v) is 11.6. The molecular formula is C13H15ClN2OS. The highest BCUT2D eigenvalue weighted by Gasteiger charge is 2.14. The molecule has 0 spiro atoms. The number of halogens is 1. The number of rotatable bonds is 2. The molecule has 0 N–H and O–H groups in total. The van der Waals surface area contributed by atoms with Gasteiger partial charge in [0.1, 0.15) is 0 Å². The number of benzene rings is 1. The van der Waals surface area contributed by atoms with Crippen molar-refractivity contribution in [2.45, 2.75) is 25.9 Å². The predicted octanol–water partition coefficient (Wildman–Crippen LogP) is 4.06. The van der Waals surface area contributed by atoms with E-state index in [1.807, 2.05) is 22.8 Å². The van der Waals surface area contributed by atoms with Gasteiger partial charge in [-0.15, -0.1) is 0 Å². The minimum absolute atomic E-state index is 0.526. The van der Waals surface area contributed by atoms with E-state index >= 15 is 0 Å². The third-order valence-corrected chi connectivity index (χ3v) is 3.96. The topological polar surface area (TPSA) is 21.3 Å². The molecule has 1 aliphatic heterocycles. The second-order valence-electron chi connectivity index (χ2n) is 4.73. The molecular weight excluding hydrogens is 268 g/mol. The molecule has 1 fully saturated rings. The summed E-state index contributed by atoms with van der Waals surface area (Å²) in [6.07, 6.45) is 3.87. The first-order valence-corrected chi connectivity index (χ1v) is 7.04. The molecule has 1 saturated heterocycles. The largest absolute Gasteiger partial charge is 0.429 e. The Hall–Kier alpha value is -0.840. The highest BCUT2D eigenvalue weighted by Crippen LogP contribution is 2.22. The summed E-state index contributed by atoms with van der Waals surface area (Å²) >= 11 is 11.3. The Morgan fingerprint density at radius 1 is 1.22 bits per heavy atom. The van der Waals surface area contributed by atoms with Crippen LogP contribution < -0.4 is 0 Å². The van der Waals surface area contributed by atoms with Crippen LogP contribution in [0.25, 0.3) is 11.1 Å². The number of nitrogens with zero attached hydrogens (tertiary/aromatic N) is 2. The number of oxazole rings is 1.